The van der Waals surface area contributed by atoms with Crippen molar-refractivity contribution >= 4 is 29.9 Å². The van der Waals surface area contributed by atoms with Crippen molar-refractivity contribution in [2.75, 3.05) is 17.7 Å². The van der Waals surface area contributed by atoms with E-state index in [9.17, 15) is 18.0 Å². The second kappa shape index (κ2) is 7.17. The topological polar surface area (TPSA) is 41.1 Å². The summed E-state index contributed by atoms with van der Waals surface area (Å²) in [5.41, 5.74) is 0.789. The summed E-state index contributed by atoms with van der Waals surface area (Å²) in [5, 5.41) is 5.33. The number of thiol groups is 1. The number of nitrogens with one attached hydrogen (secondary N) is 2. The summed E-state index contributed by atoms with van der Waals surface area (Å²) >= 11 is 4.32. The summed E-state index contributed by atoms with van der Waals surface area (Å²) in [6.45, 7) is 1.88. The number of alkyl halides is 3. The molecular weight excluding hydrogens is 337 g/mol. The summed E-state index contributed by atoms with van der Waals surface area (Å²) < 4.78 is 38.7. The molecular formula is C17H17F3N2OS. The maximum Gasteiger partial charge on any atom is 0.416 e. The van der Waals surface area contributed by atoms with Crippen LogP contribution < -0.4 is 10.6 Å². The molecule has 0 aliphatic heterocycles. The number of hydrogen-bond donors (Lipinski definition) is 3. The van der Waals surface area contributed by atoms with Crippen molar-refractivity contribution < 1.29 is 18.0 Å². The summed E-state index contributed by atoms with van der Waals surface area (Å²) in [7, 11) is 1.57. The van der Waals surface area contributed by atoms with Gasteiger partial charge in [-0.25, -0.2) is 0 Å². The smallest absolute Gasteiger partial charge is 0.386 e. The van der Waals surface area contributed by atoms with E-state index >= 15 is 0 Å². The molecule has 0 aliphatic carbocycles. The van der Waals surface area contributed by atoms with Crippen LogP contribution in [-0.4, -0.2) is 13.0 Å². The highest BCUT2D eigenvalue weighted by molar-refractivity contribution is 7.80. The Morgan fingerprint density at radius 2 is 1.88 bits per heavy atom. The molecule has 1 amide bonds. The fourth-order valence-corrected chi connectivity index (χ4v) is 2.76. The average Bonchev–Trinajstić information content (AvgIpc) is 2.53. The number of carbonyl (C=O) groups excluding carboxylic acids is 1. The first-order chi connectivity index (χ1) is 11.3. The third-order valence-corrected chi connectivity index (χ3v) is 4.03. The molecule has 0 aliphatic rings. The molecule has 0 bridgehead atoms. The van der Waals surface area contributed by atoms with E-state index in [4.69, 9.17) is 0 Å². The molecule has 0 heterocycles. The van der Waals surface area contributed by atoms with Crippen LogP contribution >= 0.6 is 12.6 Å². The Kier molecular flexibility index (Phi) is 5.43. The lowest BCUT2D eigenvalue weighted by atomic mass is 10.0. The first kappa shape index (κ1) is 18.2. The van der Waals surface area contributed by atoms with Crippen LogP contribution in [0.15, 0.2) is 41.3 Å². The largest absolute Gasteiger partial charge is 0.416 e. The number of anilines is 2. The molecule has 2 aromatic rings. The zero-order valence-corrected chi connectivity index (χ0v) is 14.1. The Balaban J connectivity index is 2.40. The molecule has 0 aromatic heterocycles. The van der Waals surface area contributed by atoms with Gasteiger partial charge in [-0.15, -0.1) is 12.6 Å². The SMILES string of the molecule is CCc1c(S)cccc1C(=O)Nc1cc(C(F)(F)F)ccc1NC. The minimum atomic E-state index is -4.48. The van der Waals surface area contributed by atoms with Crippen LogP contribution in [0.25, 0.3) is 0 Å². The van der Waals surface area contributed by atoms with E-state index in [1.165, 1.54) is 6.07 Å². The molecule has 2 N–H and O–H groups in total. The molecule has 0 atom stereocenters. The van der Waals surface area contributed by atoms with Crippen LogP contribution in [0.4, 0.5) is 24.5 Å². The molecule has 3 nitrogen and oxygen atoms in total. The van der Waals surface area contributed by atoms with Gasteiger partial charge in [0.15, 0.2) is 0 Å². The van der Waals surface area contributed by atoms with Gasteiger partial charge in [-0.2, -0.15) is 13.2 Å². The van der Waals surface area contributed by atoms with E-state index in [1.54, 1.807) is 25.2 Å². The minimum Gasteiger partial charge on any atom is -0.386 e. The third-order valence-electron chi connectivity index (χ3n) is 3.61. The second-order valence-electron chi connectivity index (χ2n) is 5.12. The molecule has 0 saturated carbocycles. The van der Waals surface area contributed by atoms with E-state index in [1.807, 2.05) is 6.92 Å². The van der Waals surface area contributed by atoms with Crippen LogP contribution in [0.3, 0.4) is 0 Å². The van der Waals surface area contributed by atoms with Crippen LogP contribution in [0, 0.1) is 0 Å². The standard InChI is InChI=1S/C17H17F3N2OS/c1-3-11-12(5-4-6-15(11)24)16(23)22-14-9-10(17(18,19)20)7-8-13(14)21-2/h4-9,21,24H,3H2,1-2H3,(H,22,23). The molecule has 24 heavy (non-hydrogen) atoms. The lowest BCUT2D eigenvalue weighted by molar-refractivity contribution is -0.137. The van der Waals surface area contributed by atoms with Gasteiger partial charge in [0.1, 0.15) is 0 Å². The van der Waals surface area contributed by atoms with Gasteiger partial charge in [0.2, 0.25) is 0 Å². The van der Waals surface area contributed by atoms with Gasteiger partial charge >= 0.3 is 6.18 Å². The Labute approximate surface area is 143 Å². The van der Waals surface area contributed by atoms with Gasteiger partial charge < -0.3 is 10.6 Å². The van der Waals surface area contributed by atoms with E-state index in [-0.39, 0.29) is 5.69 Å². The maximum absolute atomic E-state index is 12.9. The normalized spacial score (nSPS) is 11.2. The average molecular weight is 354 g/mol. The predicted molar refractivity (Wildman–Crippen MR) is 92.0 cm³/mol. The van der Waals surface area contributed by atoms with Crippen molar-refractivity contribution in [1.29, 1.82) is 0 Å². The molecule has 2 aromatic carbocycles. The van der Waals surface area contributed by atoms with Gasteiger partial charge in [0, 0.05) is 17.5 Å². The lowest BCUT2D eigenvalue weighted by Gasteiger charge is -2.16. The first-order valence-corrected chi connectivity index (χ1v) is 7.73. The van der Waals surface area contributed by atoms with Gasteiger partial charge in [0.05, 0.1) is 16.9 Å². The van der Waals surface area contributed by atoms with Gasteiger partial charge in [-0.05, 0) is 42.3 Å². The predicted octanol–water partition coefficient (Wildman–Crippen LogP) is 4.85. The van der Waals surface area contributed by atoms with Crippen LogP contribution in [-0.2, 0) is 12.6 Å². The highest BCUT2D eigenvalue weighted by Gasteiger charge is 2.31. The van der Waals surface area contributed by atoms with Gasteiger partial charge in [-0.3, -0.25) is 4.79 Å². The van der Waals surface area contributed by atoms with E-state index in [2.05, 4.69) is 23.3 Å². The van der Waals surface area contributed by atoms with Crippen LogP contribution in [0.5, 0.6) is 0 Å². The summed E-state index contributed by atoms with van der Waals surface area (Å²) in [6.07, 6.45) is -3.89. The van der Waals surface area contributed by atoms with Crippen molar-refractivity contribution in [2.45, 2.75) is 24.4 Å². The molecule has 128 valence electrons. The van der Waals surface area contributed by atoms with E-state index in [0.717, 1.165) is 17.7 Å². The number of carbonyl (C=O) groups is 1. The number of benzene rings is 2. The molecule has 7 heteroatoms. The van der Waals surface area contributed by atoms with Crippen molar-refractivity contribution in [1.82, 2.24) is 0 Å². The molecule has 0 unspecified atom stereocenters. The Bertz CT molecular complexity index is 760. The summed E-state index contributed by atoms with van der Waals surface area (Å²) in [5.74, 6) is -0.474. The lowest BCUT2D eigenvalue weighted by Crippen LogP contribution is -2.16. The van der Waals surface area contributed by atoms with Gasteiger partial charge in [0.25, 0.3) is 5.91 Å². The Morgan fingerprint density at radius 1 is 1.17 bits per heavy atom. The number of hydrogen-bond acceptors (Lipinski definition) is 3. The molecule has 0 fully saturated rings. The monoisotopic (exact) mass is 354 g/mol. The van der Waals surface area contributed by atoms with Crippen molar-refractivity contribution in [2.24, 2.45) is 0 Å². The highest BCUT2D eigenvalue weighted by Crippen LogP contribution is 2.34. The number of rotatable bonds is 4. The van der Waals surface area contributed by atoms with Crippen molar-refractivity contribution in [3.63, 3.8) is 0 Å². The van der Waals surface area contributed by atoms with E-state index < -0.39 is 17.6 Å². The third kappa shape index (κ3) is 3.84. The van der Waals surface area contributed by atoms with Crippen LogP contribution in [0.1, 0.15) is 28.4 Å². The Morgan fingerprint density at radius 3 is 2.46 bits per heavy atom. The maximum atomic E-state index is 12.9. The summed E-state index contributed by atoms with van der Waals surface area (Å²) in [4.78, 5) is 13.2. The fraction of sp³-hybridized carbons (Fsp3) is 0.235. The Hall–Kier alpha value is -2.15. The molecule has 2 rings (SSSR count). The number of halogens is 3. The van der Waals surface area contributed by atoms with Crippen LogP contribution in [0.2, 0.25) is 0 Å². The quantitative estimate of drug-likeness (QED) is 0.687. The second-order valence-corrected chi connectivity index (χ2v) is 5.60. The molecule has 0 radical (unpaired) electrons. The zero-order chi connectivity index (χ0) is 17.9. The summed E-state index contributed by atoms with van der Waals surface area (Å²) in [6, 6.07) is 8.24. The van der Waals surface area contributed by atoms with Crippen molar-refractivity contribution in [3.8, 4) is 0 Å². The molecule has 0 saturated heterocycles. The molecule has 0 spiro atoms. The fourth-order valence-electron chi connectivity index (χ4n) is 2.39. The minimum absolute atomic E-state index is 0.0731. The van der Waals surface area contributed by atoms with Gasteiger partial charge in [-0.1, -0.05) is 13.0 Å². The number of amides is 1. The first-order valence-electron chi connectivity index (χ1n) is 7.29. The highest BCUT2D eigenvalue weighted by atomic mass is 32.1. The van der Waals surface area contributed by atoms with Crippen molar-refractivity contribution in [3.05, 3.63) is 53.1 Å². The van der Waals surface area contributed by atoms with E-state index in [0.29, 0.717) is 22.6 Å². The zero-order valence-electron chi connectivity index (χ0n) is 13.2.